The molecule has 132 valence electrons. The van der Waals surface area contributed by atoms with Crippen LogP contribution in [0.3, 0.4) is 0 Å². The Morgan fingerprint density at radius 2 is 1.88 bits per heavy atom. The highest BCUT2D eigenvalue weighted by molar-refractivity contribution is 5.64. The van der Waals surface area contributed by atoms with E-state index in [0.29, 0.717) is 53.1 Å². The molecule has 0 spiro atoms. The number of ether oxygens (including phenoxy) is 4. The summed E-state index contributed by atoms with van der Waals surface area (Å²) in [5.41, 5.74) is 1.64. The molecule has 9 heteroatoms. The smallest absolute Gasteiger partial charge is 0.240 e. The number of benzene rings is 1. The zero-order valence-corrected chi connectivity index (χ0v) is 13.4. The predicted molar refractivity (Wildman–Crippen MR) is 81.8 cm³/mol. The first-order valence-corrected chi connectivity index (χ1v) is 8.22. The van der Waals surface area contributed by atoms with Gasteiger partial charge in [-0.05, 0) is 23.1 Å². The molecule has 3 aliphatic rings. The van der Waals surface area contributed by atoms with Crippen LogP contribution < -0.4 is 14.4 Å². The van der Waals surface area contributed by atoms with Crippen LogP contribution in [0.1, 0.15) is 5.69 Å². The molecule has 1 aromatic heterocycles. The molecule has 0 saturated carbocycles. The first-order valence-electron chi connectivity index (χ1n) is 8.22. The Morgan fingerprint density at radius 1 is 1.12 bits per heavy atom. The van der Waals surface area contributed by atoms with Crippen molar-refractivity contribution in [1.82, 2.24) is 10.1 Å². The quantitative estimate of drug-likeness (QED) is 0.732. The van der Waals surface area contributed by atoms with E-state index < -0.39 is 0 Å². The number of nitrogens with zero attached hydrogens (tertiary/aromatic N) is 3. The van der Waals surface area contributed by atoms with Gasteiger partial charge in [-0.25, -0.2) is 0 Å². The summed E-state index contributed by atoms with van der Waals surface area (Å²) in [7, 11) is 0. The lowest BCUT2D eigenvalue weighted by atomic mass is 10.1. The summed E-state index contributed by atoms with van der Waals surface area (Å²) in [6, 6.07) is 5.34. The van der Waals surface area contributed by atoms with Crippen molar-refractivity contribution in [2.75, 3.05) is 33.1 Å². The molecule has 0 aliphatic carbocycles. The van der Waals surface area contributed by atoms with Gasteiger partial charge in [-0.1, -0.05) is 0 Å². The molecule has 0 amide bonds. The van der Waals surface area contributed by atoms with E-state index in [1.165, 1.54) is 0 Å². The fourth-order valence-electron chi connectivity index (χ4n) is 3.57. The molecule has 4 heterocycles. The Hall–Kier alpha value is -2.36. The average molecular weight is 347 g/mol. The lowest BCUT2D eigenvalue weighted by molar-refractivity contribution is -0.793. The molecular formula is C16H17N3O6. The van der Waals surface area contributed by atoms with Gasteiger partial charge in [0.05, 0.1) is 32.0 Å². The minimum Gasteiger partial charge on any atom is -0.454 e. The maximum atomic E-state index is 12.1. The van der Waals surface area contributed by atoms with Gasteiger partial charge in [-0.2, -0.15) is 0 Å². The summed E-state index contributed by atoms with van der Waals surface area (Å²) in [5.74, 6) is 1.27. The van der Waals surface area contributed by atoms with E-state index in [0.717, 1.165) is 13.1 Å². The number of fused-ring (bicyclic) bond motifs is 2. The molecule has 0 bridgehead atoms. The van der Waals surface area contributed by atoms with E-state index in [-0.39, 0.29) is 19.0 Å². The van der Waals surface area contributed by atoms with Gasteiger partial charge >= 0.3 is 0 Å². The number of rotatable bonds is 3. The Bertz CT molecular complexity index is 780. The van der Waals surface area contributed by atoms with Crippen LogP contribution >= 0.6 is 0 Å². The van der Waals surface area contributed by atoms with Crippen LogP contribution in [0.15, 0.2) is 22.8 Å². The highest BCUT2D eigenvalue weighted by atomic mass is 16.8. The SMILES string of the molecule is [O-][n+]1onc(CN2C[C@@H]3OCCO[C@@H]3C2)c1-c1ccc2c(c1)OCO2. The summed E-state index contributed by atoms with van der Waals surface area (Å²) >= 11 is 0. The molecule has 0 unspecified atom stereocenters. The van der Waals surface area contributed by atoms with Crippen molar-refractivity contribution >= 4 is 0 Å². The third kappa shape index (κ3) is 2.60. The van der Waals surface area contributed by atoms with Crippen LogP contribution in [-0.2, 0) is 16.0 Å². The molecule has 2 saturated heterocycles. The molecule has 3 aliphatic heterocycles. The van der Waals surface area contributed by atoms with Crippen molar-refractivity contribution in [3.8, 4) is 22.8 Å². The largest absolute Gasteiger partial charge is 0.454 e. The van der Waals surface area contributed by atoms with Crippen LogP contribution in [0, 0.1) is 5.21 Å². The second-order valence-electron chi connectivity index (χ2n) is 6.31. The molecular weight excluding hydrogens is 330 g/mol. The molecule has 0 radical (unpaired) electrons. The van der Waals surface area contributed by atoms with Gasteiger partial charge in [0, 0.05) is 23.8 Å². The van der Waals surface area contributed by atoms with Crippen LogP contribution in [0.4, 0.5) is 0 Å². The number of aromatic nitrogens is 2. The van der Waals surface area contributed by atoms with E-state index in [1.807, 2.05) is 0 Å². The number of hydrogen-bond acceptors (Lipinski definition) is 8. The lowest BCUT2D eigenvalue weighted by Crippen LogP contribution is -2.36. The van der Waals surface area contributed by atoms with Gasteiger partial charge in [0.25, 0.3) is 0 Å². The normalized spacial score (nSPS) is 25.3. The third-order valence-electron chi connectivity index (χ3n) is 4.74. The first kappa shape index (κ1) is 14.9. The molecule has 0 N–H and O–H groups in total. The van der Waals surface area contributed by atoms with Crippen molar-refractivity contribution in [1.29, 1.82) is 0 Å². The fourth-order valence-corrected chi connectivity index (χ4v) is 3.57. The van der Waals surface area contributed by atoms with Gasteiger partial charge in [-0.3, -0.25) is 9.53 Å². The Balaban J connectivity index is 1.40. The zero-order chi connectivity index (χ0) is 16.8. The summed E-state index contributed by atoms with van der Waals surface area (Å²) in [5, 5.41) is 16.1. The van der Waals surface area contributed by atoms with Crippen LogP contribution in [0.2, 0.25) is 0 Å². The summed E-state index contributed by atoms with van der Waals surface area (Å²) in [6.45, 7) is 3.42. The third-order valence-corrected chi connectivity index (χ3v) is 4.74. The molecule has 2 fully saturated rings. The van der Waals surface area contributed by atoms with E-state index in [1.54, 1.807) is 18.2 Å². The molecule has 25 heavy (non-hydrogen) atoms. The van der Waals surface area contributed by atoms with E-state index in [2.05, 4.69) is 10.1 Å². The van der Waals surface area contributed by atoms with Crippen LogP contribution in [0.5, 0.6) is 11.5 Å². The highest BCUT2D eigenvalue weighted by Crippen LogP contribution is 2.36. The zero-order valence-electron chi connectivity index (χ0n) is 13.4. The molecule has 9 nitrogen and oxygen atoms in total. The highest BCUT2D eigenvalue weighted by Gasteiger charge is 2.38. The number of likely N-dealkylation sites (tertiary alicyclic amines) is 1. The van der Waals surface area contributed by atoms with Crippen molar-refractivity contribution < 1.29 is 28.5 Å². The van der Waals surface area contributed by atoms with Gasteiger partial charge in [0.2, 0.25) is 18.2 Å². The second kappa shape index (κ2) is 5.87. The number of hydrogen-bond donors (Lipinski definition) is 0. The molecule has 1 aromatic carbocycles. The summed E-state index contributed by atoms with van der Waals surface area (Å²) < 4.78 is 27.0. The Morgan fingerprint density at radius 3 is 2.68 bits per heavy atom. The first-order chi connectivity index (χ1) is 12.3. The van der Waals surface area contributed by atoms with Crippen molar-refractivity contribution in [2.24, 2.45) is 0 Å². The minimum atomic E-state index is 0.0778. The van der Waals surface area contributed by atoms with E-state index >= 15 is 0 Å². The summed E-state index contributed by atoms with van der Waals surface area (Å²) in [4.78, 5) is 2.60. The minimum absolute atomic E-state index is 0.0778. The standard InChI is InChI=1S/C16H17N3O6/c20-19-16(10-1-2-12-13(5-10)24-9-23-12)11(17-25-19)6-18-7-14-15(8-18)22-4-3-21-14/h1-2,5,14-15H,3-4,6-9H2/t14-,15+. The van der Waals surface area contributed by atoms with Gasteiger partial charge in [0.1, 0.15) is 0 Å². The van der Waals surface area contributed by atoms with Crippen molar-refractivity contribution in [2.45, 2.75) is 18.8 Å². The van der Waals surface area contributed by atoms with E-state index in [9.17, 15) is 5.21 Å². The fraction of sp³-hybridized carbons (Fsp3) is 0.500. The topological polar surface area (TPSA) is 93.1 Å². The van der Waals surface area contributed by atoms with E-state index in [4.69, 9.17) is 23.6 Å². The molecule has 5 rings (SSSR count). The van der Waals surface area contributed by atoms with Gasteiger partial charge < -0.3 is 24.2 Å². The maximum Gasteiger partial charge on any atom is 0.240 e. The van der Waals surface area contributed by atoms with Crippen molar-refractivity contribution in [3.05, 3.63) is 29.1 Å². The Kier molecular flexibility index (Phi) is 3.51. The molecule has 2 atom stereocenters. The summed E-state index contributed by atoms with van der Waals surface area (Å²) in [6.07, 6.45) is 0.156. The van der Waals surface area contributed by atoms with Gasteiger partial charge in [0.15, 0.2) is 11.5 Å². The Labute approximate surface area is 143 Å². The monoisotopic (exact) mass is 347 g/mol. The van der Waals surface area contributed by atoms with Crippen LogP contribution in [-0.4, -0.2) is 55.4 Å². The second-order valence-corrected chi connectivity index (χ2v) is 6.31. The lowest BCUT2D eigenvalue weighted by Gasteiger charge is -2.24. The van der Waals surface area contributed by atoms with Crippen LogP contribution in [0.25, 0.3) is 11.3 Å². The molecule has 2 aromatic rings. The maximum absolute atomic E-state index is 12.1. The average Bonchev–Trinajstić information content (AvgIpc) is 3.32. The van der Waals surface area contributed by atoms with Crippen molar-refractivity contribution in [3.63, 3.8) is 0 Å². The van der Waals surface area contributed by atoms with Gasteiger partial charge in [-0.15, -0.1) is 0 Å². The predicted octanol–water partition coefficient (Wildman–Crippen LogP) is 0.303.